The van der Waals surface area contributed by atoms with Crippen LogP contribution in [0.1, 0.15) is 23.7 Å². The van der Waals surface area contributed by atoms with E-state index in [1.54, 1.807) is 16.8 Å². The van der Waals surface area contributed by atoms with Crippen LogP contribution in [0.2, 0.25) is 0 Å². The fourth-order valence-electron chi connectivity index (χ4n) is 3.98. The number of nitrogens with zero attached hydrogens (tertiary/aromatic N) is 3. The number of amides is 1. The van der Waals surface area contributed by atoms with Crippen LogP contribution in [-0.2, 0) is 18.4 Å². The Morgan fingerprint density at radius 3 is 2.68 bits per heavy atom. The van der Waals surface area contributed by atoms with Gasteiger partial charge in [0.2, 0.25) is 5.91 Å². The first kappa shape index (κ1) is 19.1. The number of primary amides is 1. The molecule has 0 aliphatic heterocycles. The molecule has 2 atom stereocenters. The number of hydrogen-bond donors (Lipinski definition) is 1. The van der Waals surface area contributed by atoms with E-state index in [1.165, 1.54) is 6.07 Å². The molecule has 2 unspecified atom stereocenters. The monoisotopic (exact) mass is 414 g/mol. The molecule has 1 aliphatic rings. The van der Waals surface area contributed by atoms with E-state index >= 15 is 0 Å². The van der Waals surface area contributed by atoms with Crippen molar-refractivity contribution in [3.05, 3.63) is 88.6 Å². The summed E-state index contributed by atoms with van der Waals surface area (Å²) in [6, 6.07) is 18.8. The van der Waals surface area contributed by atoms with Gasteiger partial charge in [-0.3, -0.25) is 14.2 Å². The average Bonchev–Trinajstić information content (AvgIpc) is 3.51. The molecule has 5 rings (SSSR count). The van der Waals surface area contributed by atoms with E-state index in [0.29, 0.717) is 12.4 Å². The Bertz CT molecular complexity index is 1340. The Morgan fingerprint density at radius 2 is 1.97 bits per heavy atom. The number of benzene rings is 2. The molecule has 2 heterocycles. The van der Waals surface area contributed by atoms with Gasteiger partial charge in [0.25, 0.3) is 5.56 Å². The quantitative estimate of drug-likeness (QED) is 0.525. The molecule has 1 fully saturated rings. The number of carbonyl (C=O) groups is 1. The maximum atomic E-state index is 12.7. The molecule has 156 valence electrons. The molecule has 2 N–H and O–H groups in total. The topological polar surface area (TPSA) is 92.1 Å². The normalized spacial score (nSPS) is 17.6. The highest BCUT2D eigenvalue weighted by atomic mass is 16.5. The summed E-state index contributed by atoms with van der Waals surface area (Å²) < 4.78 is 9.31. The number of pyridine rings is 1. The molecule has 0 spiro atoms. The highest BCUT2D eigenvalue weighted by Gasteiger charge is 2.45. The molecule has 7 heteroatoms. The number of nitrogens with two attached hydrogens (primary N) is 1. The van der Waals surface area contributed by atoms with Crippen molar-refractivity contribution in [1.82, 2.24) is 14.1 Å². The van der Waals surface area contributed by atoms with Crippen molar-refractivity contribution in [2.45, 2.75) is 18.9 Å². The van der Waals surface area contributed by atoms with Crippen molar-refractivity contribution >= 4 is 16.9 Å². The maximum Gasteiger partial charge on any atom is 0.258 e. The number of ether oxygens (including phenoxy) is 1. The number of imidazole rings is 1. The average molecular weight is 414 g/mol. The molecule has 2 aromatic heterocycles. The Morgan fingerprint density at radius 1 is 1.16 bits per heavy atom. The molecule has 1 amide bonds. The second kappa shape index (κ2) is 7.43. The first-order chi connectivity index (χ1) is 15.0. The summed E-state index contributed by atoms with van der Waals surface area (Å²) >= 11 is 0. The van der Waals surface area contributed by atoms with Crippen LogP contribution in [0, 0.1) is 5.92 Å². The standard InChI is InChI=1S/C24H22N4O3/c1-27-21-11-16(7-8-20(21)26-24(27)19-13-18(19)23(25)30)28-10-9-17(12-22(28)29)31-14-15-5-3-2-4-6-15/h2-12,18-19H,13-14H2,1H3,(H2,25,30). The van der Waals surface area contributed by atoms with Crippen LogP contribution >= 0.6 is 0 Å². The summed E-state index contributed by atoms with van der Waals surface area (Å²) in [5.41, 5.74) is 8.76. The van der Waals surface area contributed by atoms with Crippen molar-refractivity contribution in [1.29, 1.82) is 0 Å². The van der Waals surface area contributed by atoms with Crippen LogP contribution in [0.25, 0.3) is 16.7 Å². The zero-order valence-corrected chi connectivity index (χ0v) is 17.1. The van der Waals surface area contributed by atoms with Gasteiger partial charge < -0.3 is 15.0 Å². The number of aromatic nitrogens is 3. The van der Waals surface area contributed by atoms with Crippen LogP contribution < -0.4 is 16.0 Å². The van der Waals surface area contributed by atoms with Crippen molar-refractivity contribution < 1.29 is 9.53 Å². The molecular weight excluding hydrogens is 392 g/mol. The smallest absolute Gasteiger partial charge is 0.258 e. The summed E-state index contributed by atoms with van der Waals surface area (Å²) in [4.78, 5) is 28.8. The highest BCUT2D eigenvalue weighted by molar-refractivity contribution is 5.82. The van der Waals surface area contributed by atoms with Crippen molar-refractivity contribution in [3.63, 3.8) is 0 Å². The maximum absolute atomic E-state index is 12.7. The Labute approximate surface area is 178 Å². The number of hydrogen-bond acceptors (Lipinski definition) is 4. The van der Waals surface area contributed by atoms with E-state index in [4.69, 9.17) is 10.5 Å². The third kappa shape index (κ3) is 3.59. The first-order valence-corrected chi connectivity index (χ1v) is 10.2. The van der Waals surface area contributed by atoms with Crippen LogP contribution in [0.4, 0.5) is 0 Å². The lowest BCUT2D eigenvalue weighted by molar-refractivity contribution is -0.119. The van der Waals surface area contributed by atoms with Crippen LogP contribution in [0.15, 0.2) is 71.7 Å². The van der Waals surface area contributed by atoms with Crippen molar-refractivity contribution in [2.24, 2.45) is 18.7 Å². The summed E-state index contributed by atoms with van der Waals surface area (Å²) in [5, 5.41) is 0. The lowest BCUT2D eigenvalue weighted by atomic mass is 10.2. The molecule has 2 aromatic carbocycles. The minimum atomic E-state index is -0.279. The van der Waals surface area contributed by atoms with Gasteiger partial charge in [0, 0.05) is 31.1 Å². The van der Waals surface area contributed by atoms with Gasteiger partial charge in [0.15, 0.2) is 0 Å². The lowest BCUT2D eigenvalue weighted by Gasteiger charge is -2.09. The molecule has 7 nitrogen and oxygen atoms in total. The SMILES string of the molecule is Cn1c(C2CC2C(N)=O)nc2ccc(-n3ccc(OCc4ccccc4)cc3=O)cc21. The molecule has 1 aliphatic carbocycles. The van der Waals surface area contributed by atoms with Gasteiger partial charge in [-0.25, -0.2) is 4.98 Å². The second-order valence-corrected chi connectivity index (χ2v) is 7.90. The molecule has 31 heavy (non-hydrogen) atoms. The van der Waals surface area contributed by atoms with E-state index in [2.05, 4.69) is 4.98 Å². The molecular formula is C24H22N4O3. The van der Waals surface area contributed by atoms with E-state index in [0.717, 1.165) is 34.5 Å². The lowest BCUT2D eigenvalue weighted by Crippen LogP contribution is -2.16. The largest absolute Gasteiger partial charge is 0.489 e. The number of aryl methyl sites for hydroxylation is 1. The Kier molecular flexibility index (Phi) is 4.58. The third-order valence-corrected chi connectivity index (χ3v) is 5.80. The molecule has 0 bridgehead atoms. The molecule has 0 radical (unpaired) electrons. The fourth-order valence-corrected chi connectivity index (χ4v) is 3.98. The first-order valence-electron chi connectivity index (χ1n) is 10.2. The zero-order valence-electron chi connectivity index (χ0n) is 17.1. The summed E-state index contributed by atoms with van der Waals surface area (Å²) in [6.45, 7) is 0.404. The second-order valence-electron chi connectivity index (χ2n) is 7.90. The van der Waals surface area contributed by atoms with Crippen molar-refractivity contribution in [3.8, 4) is 11.4 Å². The fraction of sp³-hybridized carbons (Fsp3) is 0.208. The minimum absolute atomic E-state index is 0.0714. The van der Waals surface area contributed by atoms with E-state index < -0.39 is 0 Å². The van der Waals surface area contributed by atoms with Crippen LogP contribution in [0.5, 0.6) is 5.75 Å². The summed E-state index contributed by atoms with van der Waals surface area (Å²) in [7, 11) is 1.92. The number of fused-ring (bicyclic) bond motifs is 1. The van der Waals surface area contributed by atoms with Gasteiger partial charge in [0.05, 0.1) is 16.7 Å². The van der Waals surface area contributed by atoms with E-state index in [-0.39, 0.29) is 23.3 Å². The van der Waals surface area contributed by atoms with Gasteiger partial charge in [-0.2, -0.15) is 0 Å². The molecule has 1 saturated carbocycles. The molecule has 4 aromatic rings. The van der Waals surface area contributed by atoms with Gasteiger partial charge >= 0.3 is 0 Å². The van der Waals surface area contributed by atoms with Gasteiger partial charge in [-0.15, -0.1) is 0 Å². The van der Waals surface area contributed by atoms with Crippen LogP contribution in [0.3, 0.4) is 0 Å². The Balaban J connectivity index is 1.40. The predicted molar refractivity (Wildman–Crippen MR) is 117 cm³/mol. The van der Waals surface area contributed by atoms with Crippen molar-refractivity contribution in [2.75, 3.05) is 0 Å². The number of carbonyl (C=O) groups excluding carboxylic acids is 1. The number of rotatable bonds is 6. The zero-order chi connectivity index (χ0) is 21.5. The summed E-state index contributed by atoms with van der Waals surface area (Å²) in [6.07, 6.45) is 2.45. The highest BCUT2D eigenvalue weighted by Crippen LogP contribution is 2.47. The van der Waals surface area contributed by atoms with Gasteiger partial charge in [-0.05, 0) is 36.2 Å². The summed E-state index contributed by atoms with van der Waals surface area (Å²) in [5.74, 6) is 1.04. The van der Waals surface area contributed by atoms with E-state index in [1.807, 2.05) is 60.1 Å². The van der Waals surface area contributed by atoms with Crippen LogP contribution in [-0.4, -0.2) is 20.0 Å². The minimum Gasteiger partial charge on any atom is -0.489 e. The van der Waals surface area contributed by atoms with Gasteiger partial charge in [-0.1, -0.05) is 30.3 Å². The Hall–Kier alpha value is -3.87. The third-order valence-electron chi connectivity index (χ3n) is 5.80. The van der Waals surface area contributed by atoms with E-state index in [9.17, 15) is 9.59 Å². The molecule has 0 saturated heterocycles. The van der Waals surface area contributed by atoms with Gasteiger partial charge in [0.1, 0.15) is 18.2 Å². The predicted octanol–water partition coefficient (Wildman–Crippen LogP) is 2.89.